The molecule has 2 heteroatoms. The van der Waals surface area contributed by atoms with Crippen molar-refractivity contribution in [1.82, 2.24) is 0 Å². The normalized spacial score (nSPS) is 9.96. The van der Waals surface area contributed by atoms with E-state index in [1.807, 2.05) is 6.07 Å². The zero-order valence-corrected chi connectivity index (χ0v) is 14.8. The van der Waals surface area contributed by atoms with Gasteiger partial charge in [0, 0.05) is 12.8 Å². The third-order valence-corrected chi connectivity index (χ3v) is 4.13. The van der Waals surface area contributed by atoms with Gasteiger partial charge in [0.25, 0.3) is 0 Å². The number of esters is 1. The number of rotatable bonds is 11. The van der Waals surface area contributed by atoms with E-state index in [2.05, 4.69) is 24.0 Å². The second-order valence-electron chi connectivity index (χ2n) is 6.01. The Hall–Kier alpha value is -2.19. The van der Waals surface area contributed by atoms with E-state index in [9.17, 15) is 4.79 Å². The van der Waals surface area contributed by atoms with Crippen molar-refractivity contribution < 1.29 is 9.53 Å². The van der Waals surface area contributed by atoms with Gasteiger partial charge in [-0.15, -0.1) is 24.7 Å². The molecule has 0 N–H and O–H groups in total. The predicted octanol–water partition coefficient (Wildman–Crippen LogP) is 4.95. The number of methoxy groups -OCH3 is 1. The molecule has 1 aromatic rings. The largest absolute Gasteiger partial charge is 0.465 e. The molecule has 0 aliphatic rings. The standard InChI is InChI=1S/C22H28O2/c1-4-6-8-10-12-14-19-16-17-20(15-13-11-9-7-5-2)21(18-19)22(23)24-3/h1-2,16-18H,6-15H2,3H3. The lowest BCUT2D eigenvalue weighted by Crippen LogP contribution is -2.07. The van der Waals surface area contributed by atoms with E-state index >= 15 is 0 Å². The summed E-state index contributed by atoms with van der Waals surface area (Å²) in [6.45, 7) is 0. The van der Waals surface area contributed by atoms with Gasteiger partial charge in [0.2, 0.25) is 0 Å². The molecule has 0 aliphatic carbocycles. The molecule has 0 unspecified atom stereocenters. The highest BCUT2D eigenvalue weighted by atomic mass is 16.5. The van der Waals surface area contributed by atoms with Gasteiger partial charge in [-0.1, -0.05) is 25.0 Å². The van der Waals surface area contributed by atoms with Gasteiger partial charge in [-0.25, -0.2) is 4.79 Å². The van der Waals surface area contributed by atoms with Crippen molar-refractivity contribution in [2.75, 3.05) is 7.11 Å². The fourth-order valence-corrected chi connectivity index (χ4v) is 2.75. The molecule has 0 spiro atoms. The molecule has 24 heavy (non-hydrogen) atoms. The molecular formula is C22H28O2. The topological polar surface area (TPSA) is 26.3 Å². The van der Waals surface area contributed by atoms with Gasteiger partial charge in [-0.2, -0.15) is 0 Å². The minimum absolute atomic E-state index is 0.247. The number of benzene rings is 1. The Balaban J connectivity index is 2.62. The lowest BCUT2D eigenvalue weighted by atomic mass is 9.96. The number of unbranched alkanes of at least 4 members (excludes halogenated alkanes) is 6. The second-order valence-corrected chi connectivity index (χ2v) is 6.01. The molecule has 0 aliphatic heterocycles. The van der Waals surface area contributed by atoms with Crippen LogP contribution in [0, 0.1) is 24.7 Å². The van der Waals surface area contributed by atoms with Crippen molar-refractivity contribution in [2.24, 2.45) is 0 Å². The number of terminal acetylenes is 2. The quantitative estimate of drug-likeness (QED) is 0.327. The van der Waals surface area contributed by atoms with Crippen LogP contribution in [0.3, 0.4) is 0 Å². The van der Waals surface area contributed by atoms with E-state index in [1.54, 1.807) is 0 Å². The maximum atomic E-state index is 12.1. The Labute approximate surface area is 147 Å². The number of hydrogen-bond donors (Lipinski definition) is 0. The van der Waals surface area contributed by atoms with E-state index in [4.69, 9.17) is 17.6 Å². The van der Waals surface area contributed by atoms with Crippen LogP contribution >= 0.6 is 0 Å². The summed E-state index contributed by atoms with van der Waals surface area (Å²) >= 11 is 0. The lowest BCUT2D eigenvalue weighted by Gasteiger charge is -2.10. The summed E-state index contributed by atoms with van der Waals surface area (Å²) in [5.74, 6) is 5.08. The summed E-state index contributed by atoms with van der Waals surface area (Å²) < 4.78 is 4.95. The van der Waals surface area contributed by atoms with Gasteiger partial charge in [-0.3, -0.25) is 0 Å². The molecule has 0 bridgehead atoms. The molecular weight excluding hydrogens is 296 g/mol. The molecule has 1 aromatic carbocycles. The minimum atomic E-state index is -0.247. The zero-order valence-electron chi connectivity index (χ0n) is 14.8. The highest BCUT2D eigenvalue weighted by Gasteiger charge is 2.12. The van der Waals surface area contributed by atoms with Crippen molar-refractivity contribution in [3.63, 3.8) is 0 Å². The molecule has 0 aromatic heterocycles. The average molecular weight is 324 g/mol. The van der Waals surface area contributed by atoms with Crippen LogP contribution in [0.4, 0.5) is 0 Å². The lowest BCUT2D eigenvalue weighted by molar-refractivity contribution is 0.0599. The van der Waals surface area contributed by atoms with Gasteiger partial charge in [0.1, 0.15) is 0 Å². The Morgan fingerprint density at radius 3 is 2.17 bits per heavy atom. The molecule has 0 saturated carbocycles. The van der Waals surface area contributed by atoms with E-state index in [0.29, 0.717) is 5.56 Å². The van der Waals surface area contributed by atoms with Crippen LogP contribution < -0.4 is 0 Å². The van der Waals surface area contributed by atoms with E-state index in [0.717, 1.165) is 69.8 Å². The monoisotopic (exact) mass is 324 g/mol. The minimum Gasteiger partial charge on any atom is -0.465 e. The van der Waals surface area contributed by atoms with Crippen LogP contribution in [-0.2, 0) is 17.6 Å². The molecule has 128 valence electrons. The highest BCUT2D eigenvalue weighted by molar-refractivity contribution is 5.91. The fourth-order valence-electron chi connectivity index (χ4n) is 2.75. The molecule has 1 rings (SSSR count). The first-order valence-electron chi connectivity index (χ1n) is 8.80. The van der Waals surface area contributed by atoms with Crippen molar-refractivity contribution in [3.8, 4) is 24.7 Å². The van der Waals surface area contributed by atoms with Gasteiger partial charge >= 0.3 is 5.97 Å². The zero-order chi connectivity index (χ0) is 17.6. The summed E-state index contributed by atoms with van der Waals surface area (Å²) in [5.41, 5.74) is 2.96. The number of carbonyl (C=O) groups excluding carboxylic acids is 1. The van der Waals surface area contributed by atoms with Gasteiger partial charge in [-0.05, 0) is 55.7 Å². The van der Waals surface area contributed by atoms with E-state index in [-0.39, 0.29) is 5.97 Å². The number of aryl methyl sites for hydroxylation is 2. The molecule has 0 radical (unpaired) electrons. The Morgan fingerprint density at radius 1 is 0.958 bits per heavy atom. The number of hydrogen-bond acceptors (Lipinski definition) is 2. The first-order chi connectivity index (χ1) is 11.7. The predicted molar refractivity (Wildman–Crippen MR) is 99.8 cm³/mol. The summed E-state index contributed by atoms with van der Waals surface area (Å²) in [6.07, 6.45) is 20.5. The second kappa shape index (κ2) is 12.3. The van der Waals surface area contributed by atoms with Crippen LogP contribution in [0.2, 0.25) is 0 Å². The third kappa shape index (κ3) is 7.38. The average Bonchev–Trinajstić information content (AvgIpc) is 2.61. The first-order valence-corrected chi connectivity index (χ1v) is 8.80. The van der Waals surface area contributed by atoms with Crippen molar-refractivity contribution in [2.45, 2.75) is 64.2 Å². The van der Waals surface area contributed by atoms with E-state index < -0.39 is 0 Å². The van der Waals surface area contributed by atoms with Crippen molar-refractivity contribution in [3.05, 3.63) is 34.9 Å². The molecule has 0 fully saturated rings. The summed E-state index contributed by atoms with van der Waals surface area (Å²) in [5, 5.41) is 0. The Morgan fingerprint density at radius 2 is 1.58 bits per heavy atom. The van der Waals surface area contributed by atoms with Crippen LogP contribution in [-0.4, -0.2) is 13.1 Å². The Kier molecular flexibility index (Phi) is 10.1. The third-order valence-electron chi connectivity index (χ3n) is 4.13. The smallest absolute Gasteiger partial charge is 0.338 e. The number of carbonyl (C=O) groups is 1. The van der Waals surface area contributed by atoms with Gasteiger partial charge in [0.15, 0.2) is 0 Å². The van der Waals surface area contributed by atoms with E-state index in [1.165, 1.54) is 12.7 Å². The highest BCUT2D eigenvalue weighted by Crippen LogP contribution is 2.18. The van der Waals surface area contributed by atoms with Crippen molar-refractivity contribution in [1.29, 1.82) is 0 Å². The van der Waals surface area contributed by atoms with Gasteiger partial charge in [0.05, 0.1) is 12.7 Å². The Bertz CT molecular complexity index is 587. The van der Waals surface area contributed by atoms with Gasteiger partial charge < -0.3 is 4.74 Å². The molecule has 0 amide bonds. The fraction of sp³-hybridized carbons (Fsp3) is 0.500. The van der Waals surface area contributed by atoms with Crippen molar-refractivity contribution >= 4 is 5.97 Å². The molecule has 0 atom stereocenters. The number of ether oxygens (including phenoxy) is 1. The SMILES string of the molecule is C#CCCCCCc1ccc(CCCCCC#C)c(C(=O)OC)c1. The summed E-state index contributed by atoms with van der Waals surface area (Å²) in [4.78, 5) is 12.1. The molecule has 2 nitrogen and oxygen atoms in total. The maximum Gasteiger partial charge on any atom is 0.338 e. The van der Waals surface area contributed by atoms with Crippen LogP contribution in [0.15, 0.2) is 18.2 Å². The molecule has 0 saturated heterocycles. The first kappa shape index (κ1) is 19.9. The summed E-state index contributed by atoms with van der Waals surface area (Å²) in [6, 6.07) is 6.19. The molecule has 0 heterocycles. The summed E-state index contributed by atoms with van der Waals surface area (Å²) in [7, 11) is 1.44. The van der Waals surface area contributed by atoms with Crippen LogP contribution in [0.5, 0.6) is 0 Å². The maximum absolute atomic E-state index is 12.1. The van der Waals surface area contributed by atoms with Crippen LogP contribution in [0.1, 0.15) is 72.9 Å². The van der Waals surface area contributed by atoms with Crippen LogP contribution in [0.25, 0.3) is 0 Å².